The molecule has 3 heteroatoms. The summed E-state index contributed by atoms with van der Waals surface area (Å²) < 4.78 is 6.93. The monoisotopic (exact) mass is 339 g/mol. The molecule has 2 nitrogen and oxygen atoms in total. The molecule has 0 radical (unpaired) electrons. The van der Waals surface area contributed by atoms with Gasteiger partial charge in [-0.15, -0.1) is 0 Å². The normalized spacial score (nSPS) is 20.2. The van der Waals surface area contributed by atoms with Crippen LogP contribution >= 0.6 is 15.9 Å². The van der Waals surface area contributed by atoms with Crippen LogP contribution in [0.3, 0.4) is 0 Å². The Morgan fingerprint density at radius 2 is 2.25 bits per heavy atom. The first-order valence-corrected chi connectivity index (χ1v) is 8.67. The zero-order chi connectivity index (χ0) is 14.2. The maximum atomic E-state index is 5.70. The van der Waals surface area contributed by atoms with E-state index in [1.807, 2.05) is 0 Å². The summed E-state index contributed by atoms with van der Waals surface area (Å²) >= 11 is 3.65. The molecule has 1 saturated heterocycles. The van der Waals surface area contributed by atoms with Crippen LogP contribution in [0.1, 0.15) is 44.6 Å². The van der Waals surface area contributed by atoms with E-state index >= 15 is 0 Å². The minimum Gasteiger partial charge on any atom is -0.378 e. The van der Waals surface area contributed by atoms with Gasteiger partial charge in [0.2, 0.25) is 0 Å². The molecule has 1 aliphatic rings. The second-order valence-corrected chi connectivity index (χ2v) is 6.47. The van der Waals surface area contributed by atoms with E-state index in [0.717, 1.165) is 19.6 Å². The molecule has 2 atom stereocenters. The van der Waals surface area contributed by atoms with Crippen molar-refractivity contribution >= 4 is 15.9 Å². The van der Waals surface area contributed by atoms with Gasteiger partial charge in [-0.1, -0.05) is 41.1 Å². The van der Waals surface area contributed by atoms with Crippen molar-refractivity contribution in [2.24, 2.45) is 0 Å². The van der Waals surface area contributed by atoms with Gasteiger partial charge in [-0.05, 0) is 56.7 Å². The average molecular weight is 340 g/mol. The van der Waals surface area contributed by atoms with Crippen LogP contribution in [0.4, 0.5) is 0 Å². The van der Waals surface area contributed by atoms with Crippen molar-refractivity contribution < 1.29 is 4.74 Å². The van der Waals surface area contributed by atoms with Gasteiger partial charge in [0.05, 0.1) is 6.10 Å². The maximum absolute atomic E-state index is 5.70. The van der Waals surface area contributed by atoms with Crippen molar-refractivity contribution in [3.8, 4) is 0 Å². The van der Waals surface area contributed by atoms with E-state index in [4.69, 9.17) is 4.74 Å². The van der Waals surface area contributed by atoms with Crippen molar-refractivity contribution in [1.82, 2.24) is 5.32 Å². The molecule has 1 N–H and O–H groups in total. The lowest BCUT2D eigenvalue weighted by atomic mass is 9.99. The summed E-state index contributed by atoms with van der Waals surface area (Å²) in [7, 11) is 0. The minimum absolute atomic E-state index is 0.528. The number of benzene rings is 1. The third-order valence-corrected chi connectivity index (χ3v) is 4.79. The number of likely N-dealkylation sites (N-methyl/N-ethyl adjacent to an activating group) is 1. The van der Waals surface area contributed by atoms with Gasteiger partial charge < -0.3 is 10.1 Å². The van der Waals surface area contributed by atoms with Gasteiger partial charge in [0.1, 0.15) is 0 Å². The Kier molecular flexibility index (Phi) is 7.05. The van der Waals surface area contributed by atoms with Crippen LogP contribution in [0.15, 0.2) is 28.7 Å². The van der Waals surface area contributed by atoms with Crippen molar-refractivity contribution in [2.45, 2.75) is 57.6 Å². The molecular weight excluding hydrogens is 314 g/mol. The van der Waals surface area contributed by atoms with Gasteiger partial charge in [0.25, 0.3) is 0 Å². The molecule has 2 rings (SSSR count). The van der Waals surface area contributed by atoms with Gasteiger partial charge in [0.15, 0.2) is 0 Å². The Morgan fingerprint density at radius 3 is 2.95 bits per heavy atom. The quantitative estimate of drug-likeness (QED) is 0.761. The number of hydrogen-bond donors (Lipinski definition) is 1. The number of ether oxygens (including phenoxy) is 1. The number of halogens is 1. The predicted molar refractivity (Wildman–Crippen MR) is 88.1 cm³/mol. The first kappa shape index (κ1) is 16.0. The lowest BCUT2D eigenvalue weighted by Crippen LogP contribution is -2.31. The highest BCUT2D eigenvalue weighted by molar-refractivity contribution is 9.10. The highest BCUT2D eigenvalue weighted by Gasteiger charge is 2.16. The van der Waals surface area contributed by atoms with Gasteiger partial charge in [-0.25, -0.2) is 0 Å². The molecule has 1 aliphatic heterocycles. The molecule has 1 fully saturated rings. The number of hydrogen-bond acceptors (Lipinski definition) is 2. The third-order valence-electron chi connectivity index (χ3n) is 4.02. The lowest BCUT2D eigenvalue weighted by molar-refractivity contribution is 0.101. The fraction of sp³-hybridized carbons (Fsp3) is 0.647. The predicted octanol–water partition coefficient (Wildman–Crippen LogP) is 4.32. The summed E-state index contributed by atoms with van der Waals surface area (Å²) in [6.07, 6.45) is 7.84. The molecule has 2 unspecified atom stereocenters. The van der Waals surface area contributed by atoms with Crippen molar-refractivity contribution in [1.29, 1.82) is 0 Å². The molecule has 20 heavy (non-hydrogen) atoms. The summed E-state index contributed by atoms with van der Waals surface area (Å²) in [4.78, 5) is 0. The van der Waals surface area contributed by atoms with Crippen LogP contribution in [-0.4, -0.2) is 25.3 Å². The molecular formula is C17H26BrNO. The standard InChI is InChI=1S/C17H26BrNO/c1-2-19-15(8-5-9-16-10-6-12-20-16)13-14-7-3-4-11-17(14)18/h3-4,7,11,15-16,19H,2,5-6,8-10,12-13H2,1H3. The van der Waals surface area contributed by atoms with Gasteiger partial charge in [-0.2, -0.15) is 0 Å². The Balaban J connectivity index is 1.78. The maximum Gasteiger partial charge on any atom is 0.0576 e. The van der Waals surface area contributed by atoms with E-state index in [1.165, 1.54) is 42.1 Å². The minimum atomic E-state index is 0.528. The fourth-order valence-corrected chi connectivity index (χ4v) is 3.40. The summed E-state index contributed by atoms with van der Waals surface area (Å²) in [6, 6.07) is 9.11. The molecule has 1 heterocycles. The van der Waals surface area contributed by atoms with Crippen molar-refractivity contribution in [3.05, 3.63) is 34.3 Å². The van der Waals surface area contributed by atoms with E-state index in [9.17, 15) is 0 Å². The van der Waals surface area contributed by atoms with Crippen LogP contribution in [0.2, 0.25) is 0 Å². The average Bonchev–Trinajstić information content (AvgIpc) is 2.95. The first-order chi connectivity index (χ1) is 9.79. The SMILES string of the molecule is CCNC(CCCC1CCCO1)Cc1ccccc1Br. The highest BCUT2D eigenvalue weighted by atomic mass is 79.9. The molecule has 1 aromatic rings. The van der Waals surface area contributed by atoms with Crippen LogP contribution in [0, 0.1) is 0 Å². The van der Waals surface area contributed by atoms with E-state index in [1.54, 1.807) is 0 Å². The third kappa shape index (κ3) is 5.19. The molecule has 1 aromatic carbocycles. The van der Waals surface area contributed by atoms with Crippen molar-refractivity contribution in [3.63, 3.8) is 0 Å². The summed E-state index contributed by atoms with van der Waals surface area (Å²) in [5.74, 6) is 0. The van der Waals surface area contributed by atoms with E-state index < -0.39 is 0 Å². The Bertz CT molecular complexity index is 390. The molecule has 0 aromatic heterocycles. The largest absolute Gasteiger partial charge is 0.378 e. The zero-order valence-electron chi connectivity index (χ0n) is 12.4. The fourth-order valence-electron chi connectivity index (χ4n) is 2.96. The summed E-state index contributed by atoms with van der Waals surface area (Å²) in [6.45, 7) is 4.19. The van der Waals surface area contributed by atoms with Gasteiger partial charge >= 0.3 is 0 Å². The van der Waals surface area contributed by atoms with Crippen LogP contribution < -0.4 is 5.32 Å². The van der Waals surface area contributed by atoms with E-state index in [2.05, 4.69) is 52.4 Å². The number of rotatable bonds is 8. The molecule has 0 spiro atoms. The smallest absolute Gasteiger partial charge is 0.0576 e. The Labute approximate surface area is 131 Å². The Hall–Kier alpha value is -0.380. The molecule has 112 valence electrons. The van der Waals surface area contributed by atoms with E-state index in [-0.39, 0.29) is 0 Å². The molecule has 0 amide bonds. The first-order valence-electron chi connectivity index (χ1n) is 7.88. The van der Waals surface area contributed by atoms with Crippen LogP contribution in [0.25, 0.3) is 0 Å². The van der Waals surface area contributed by atoms with E-state index in [0.29, 0.717) is 12.1 Å². The summed E-state index contributed by atoms with van der Waals surface area (Å²) in [5.41, 5.74) is 1.40. The lowest BCUT2D eigenvalue weighted by Gasteiger charge is -2.19. The Morgan fingerprint density at radius 1 is 1.40 bits per heavy atom. The van der Waals surface area contributed by atoms with Gasteiger partial charge in [0, 0.05) is 17.1 Å². The molecule has 0 aliphatic carbocycles. The second kappa shape index (κ2) is 8.81. The topological polar surface area (TPSA) is 21.3 Å². The number of nitrogens with one attached hydrogen (secondary N) is 1. The van der Waals surface area contributed by atoms with Crippen molar-refractivity contribution in [2.75, 3.05) is 13.2 Å². The highest BCUT2D eigenvalue weighted by Crippen LogP contribution is 2.21. The van der Waals surface area contributed by atoms with Crippen LogP contribution in [-0.2, 0) is 11.2 Å². The molecule has 0 saturated carbocycles. The van der Waals surface area contributed by atoms with Gasteiger partial charge in [-0.3, -0.25) is 0 Å². The molecule has 0 bridgehead atoms. The second-order valence-electron chi connectivity index (χ2n) is 5.62. The summed E-state index contributed by atoms with van der Waals surface area (Å²) in [5, 5.41) is 3.62. The zero-order valence-corrected chi connectivity index (χ0v) is 14.0. The van der Waals surface area contributed by atoms with Crippen LogP contribution in [0.5, 0.6) is 0 Å².